The summed E-state index contributed by atoms with van der Waals surface area (Å²) in [6.07, 6.45) is -1.74. The number of methoxy groups -OCH3 is 1. The average molecular weight is 468 g/mol. The van der Waals surface area contributed by atoms with Crippen LogP contribution in [0.1, 0.15) is 31.4 Å². The van der Waals surface area contributed by atoms with E-state index in [0.29, 0.717) is 11.2 Å². The van der Waals surface area contributed by atoms with E-state index < -0.39 is 23.4 Å². The number of hydrogen-bond donors (Lipinski definition) is 3. The molecule has 3 unspecified atom stereocenters. The Hall–Kier alpha value is -3.91. The SMILES string of the molecule is COC(C)c1ccc(Nc2nn(C3(CC#N)CCN(C(=O)O)CC3F)c3cc[nH]c(=O)c23)cc1. The number of nitrogens with one attached hydrogen (secondary N) is 2. The van der Waals surface area contributed by atoms with Crippen LogP contribution in [0.15, 0.2) is 41.3 Å². The highest BCUT2D eigenvalue weighted by Gasteiger charge is 2.48. The van der Waals surface area contributed by atoms with Crippen molar-refractivity contribution in [3.05, 3.63) is 52.4 Å². The molecule has 0 aliphatic carbocycles. The third-order valence-electron chi connectivity index (χ3n) is 6.46. The second-order valence-electron chi connectivity index (χ2n) is 8.34. The van der Waals surface area contributed by atoms with Crippen LogP contribution >= 0.6 is 0 Å². The van der Waals surface area contributed by atoms with Crippen LogP contribution in [-0.4, -0.2) is 57.2 Å². The number of piperidine rings is 1. The van der Waals surface area contributed by atoms with Crippen LogP contribution in [0.5, 0.6) is 0 Å². The maximum absolute atomic E-state index is 15.6. The molecule has 3 aromatic rings. The van der Waals surface area contributed by atoms with Gasteiger partial charge in [-0.2, -0.15) is 10.4 Å². The van der Waals surface area contributed by atoms with Crippen LogP contribution in [0, 0.1) is 11.3 Å². The van der Waals surface area contributed by atoms with Crippen molar-refractivity contribution in [3.8, 4) is 6.07 Å². The minimum atomic E-state index is -1.69. The third kappa shape index (κ3) is 3.97. The maximum Gasteiger partial charge on any atom is 0.407 e. The minimum Gasteiger partial charge on any atom is -0.465 e. The normalized spacial score (nSPS) is 21.2. The molecule has 1 fully saturated rings. The Morgan fingerprint density at radius 1 is 1.44 bits per heavy atom. The van der Waals surface area contributed by atoms with E-state index in [0.717, 1.165) is 10.5 Å². The largest absolute Gasteiger partial charge is 0.465 e. The number of halogens is 1. The molecule has 1 amide bonds. The number of fused-ring (bicyclic) bond motifs is 1. The van der Waals surface area contributed by atoms with E-state index in [1.165, 1.54) is 10.9 Å². The molecule has 0 spiro atoms. The van der Waals surface area contributed by atoms with Crippen LogP contribution in [-0.2, 0) is 10.3 Å². The first-order valence-electron chi connectivity index (χ1n) is 10.8. The molecule has 1 aliphatic rings. The molecule has 0 saturated carbocycles. The summed E-state index contributed by atoms with van der Waals surface area (Å²) in [6.45, 7) is 1.59. The number of benzene rings is 1. The smallest absolute Gasteiger partial charge is 0.407 e. The van der Waals surface area contributed by atoms with Crippen molar-refractivity contribution in [1.29, 1.82) is 5.26 Å². The van der Waals surface area contributed by atoms with Crippen LogP contribution in [0.4, 0.5) is 20.7 Å². The van der Waals surface area contributed by atoms with E-state index in [4.69, 9.17) is 4.74 Å². The molecule has 1 aromatic carbocycles. The van der Waals surface area contributed by atoms with Crippen molar-refractivity contribution in [2.24, 2.45) is 0 Å². The van der Waals surface area contributed by atoms with Crippen molar-refractivity contribution in [2.75, 3.05) is 25.5 Å². The molecule has 10 nitrogen and oxygen atoms in total. The topological polar surface area (TPSA) is 136 Å². The number of rotatable bonds is 6. The number of amides is 1. The summed E-state index contributed by atoms with van der Waals surface area (Å²) in [6, 6.07) is 11.0. The van der Waals surface area contributed by atoms with Crippen molar-refractivity contribution in [3.63, 3.8) is 0 Å². The molecule has 0 radical (unpaired) electrons. The van der Waals surface area contributed by atoms with Gasteiger partial charge in [0.05, 0.1) is 30.7 Å². The Labute approximate surface area is 194 Å². The second-order valence-corrected chi connectivity index (χ2v) is 8.34. The first kappa shape index (κ1) is 23.3. The summed E-state index contributed by atoms with van der Waals surface area (Å²) in [5, 5.41) is 26.7. The van der Waals surface area contributed by atoms with Crippen LogP contribution < -0.4 is 10.9 Å². The predicted octanol–water partition coefficient (Wildman–Crippen LogP) is 3.51. The van der Waals surface area contributed by atoms with E-state index >= 15 is 4.39 Å². The molecular formula is C23H25FN6O4. The first-order chi connectivity index (χ1) is 16.3. The zero-order valence-electron chi connectivity index (χ0n) is 18.8. The Morgan fingerprint density at radius 3 is 2.79 bits per heavy atom. The van der Waals surface area contributed by atoms with Gasteiger partial charge in [-0.25, -0.2) is 9.18 Å². The van der Waals surface area contributed by atoms with E-state index in [1.807, 2.05) is 37.3 Å². The van der Waals surface area contributed by atoms with Crippen molar-refractivity contribution in [2.45, 2.75) is 37.6 Å². The van der Waals surface area contributed by atoms with Gasteiger partial charge in [0.1, 0.15) is 17.1 Å². The highest BCUT2D eigenvalue weighted by atomic mass is 19.1. The molecule has 2 aromatic heterocycles. The zero-order chi connectivity index (χ0) is 24.5. The molecule has 0 bridgehead atoms. The van der Waals surface area contributed by atoms with E-state index in [1.54, 1.807) is 13.2 Å². The van der Waals surface area contributed by atoms with Gasteiger partial charge < -0.3 is 25.0 Å². The number of alkyl halides is 1. The molecule has 34 heavy (non-hydrogen) atoms. The first-order valence-corrected chi connectivity index (χ1v) is 10.8. The number of carbonyl (C=O) groups is 1. The summed E-state index contributed by atoms with van der Waals surface area (Å²) >= 11 is 0. The standard InChI is InChI=1S/C23H25FN6O4/c1-14(34-2)15-3-5-16(6-4-15)27-20-19-17(7-11-26-21(19)31)30(28-20)23(8-10-25)9-12-29(22(32)33)13-18(23)24/h3-7,11,14,18H,8-9,12-13H2,1-2H3,(H,26,31)(H,27,28)(H,32,33). The fourth-order valence-electron chi connectivity index (χ4n) is 4.38. The number of anilines is 2. The third-order valence-corrected chi connectivity index (χ3v) is 6.46. The minimum absolute atomic E-state index is 0.0423. The fraction of sp³-hybridized carbons (Fsp3) is 0.391. The van der Waals surface area contributed by atoms with E-state index in [9.17, 15) is 20.0 Å². The lowest BCUT2D eigenvalue weighted by Gasteiger charge is -2.42. The van der Waals surface area contributed by atoms with E-state index in [2.05, 4.69) is 15.4 Å². The Balaban J connectivity index is 1.79. The summed E-state index contributed by atoms with van der Waals surface area (Å²) in [7, 11) is 1.62. The van der Waals surface area contributed by atoms with Crippen LogP contribution in [0.3, 0.4) is 0 Å². The second kappa shape index (κ2) is 9.15. The number of ether oxygens (including phenoxy) is 1. The number of nitriles is 1. The molecule has 3 atom stereocenters. The van der Waals surface area contributed by atoms with Gasteiger partial charge in [-0.05, 0) is 37.1 Å². The summed E-state index contributed by atoms with van der Waals surface area (Å²) in [4.78, 5) is 27.7. The molecule has 11 heteroatoms. The lowest BCUT2D eigenvalue weighted by molar-refractivity contribution is 0.0170. The number of pyridine rings is 1. The predicted molar refractivity (Wildman–Crippen MR) is 123 cm³/mol. The maximum atomic E-state index is 15.6. The van der Waals surface area contributed by atoms with Gasteiger partial charge in [-0.15, -0.1) is 0 Å². The van der Waals surface area contributed by atoms with Gasteiger partial charge in [0.25, 0.3) is 5.56 Å². The number of aromatic amines is 1. The van der Waals surface area contributed by atoms with Gasteiger partial charge in [0, 0.05) is 25.5 Å². The quantitative estimate of drug-likeness (QED) is 0.504. The van der Waals surface area contributed by atoms with E-state index in [-0.39, 0.29) is 43.2 Å². The number of nitrogens with zero attached hydrogens (tertiary/aromatic N) is 4. The number of H-pyrrole nitrogens is 1. The van der Waals surface area contributed by atoms with Gasteiger partial charge in [-0.1, -0.05) is 12.1 Å². The number of hydrogen-bond acceptors (Lipinski definition) is 6. The fourth-order valence-corrected chi connectivity index (χ4v) is 4.38. The Bertz CT molecular complexity index is 1300. The molecule has 1 saturated heterocycles. The molecule has 3 heterocycles. The number of aromatic nitrogens is 3. The van der Waals surface area contributed by atoms with Crippen molar-refractivity contribution in [1.82, 2.24) is 19.7 Å². The summed E-state index contributed by atoms with van der Waals surface area (Å²) in [5.41, 5.74) is 0.164. The molecular weight excluding hydrogens is 443 g/mol. The average Bonchev–Trinajstić information content (AvgIpc) is 3.20. The molecule has 178 valence electrons. The number of carboxylic acid groups (broad SMARTS) is 1. The lowest BCUT2D eigenvalue weighted by atomic mass is 9.83. The highest BCUT2D eigenvalue weighted by molar-refractivity contribution is 5.91. The van der Waals surface area contributed by atoms with Crippen molar-refractivity contribution < 1.29 is 19.0 Å². The molecule has 3 N–H and O–H groups in total. The Kier molecular flexibility index (Phi) is 6.26. The van der Waals surface area contributed by atoms with Gasteiger partial charge in [0.2, 0.25) is 0 Å². The van der Waals surface area contributed by atoms with Gasteiger partial charge in [-0.3, -0.25) is 9.48 Å². The highest BCUT2D eigenvalue weighted by Crippen LogP contribution is 2.39. The summed E-state index contributed by atoms with van der Waals surface area (Å²) in [5.74, 6) is 0.217. The molecule has 1 aliphatic heterocycles. The van der Waals surface area contributed by atoms with Crippen molar-refractivity contribution >= 4 is 28.5 Å². The number of likely N-dealkylation sites (tertiary alicyclic amines) is 1. The molecule has 4 rings (SSSR count). The lowest BCUT2D eigenvalue weighted by Crippen LogP contribution is -2.56. The zero-order valence-corrected chi connectivity index (χ0v) is 18.8. The van der Waals surface area contributed by atoms with Gasteiger partial charge >= 0.3 is 6.09 Å². The van der Waals surface area contributed by atoms with Gasteiger partial charge in [0.15, 0.2) is 5.82 Å². The van der Waals surface area contributed by atoms with Crippen LogP contribution in [0.2, 0.25) is 0 Å². The van der Waals surface area contributed by atoms with Crippen LogP contribution in [0.25, 0.3) is 10.9 Å². The summed E-state index contributed by atoms with van der Waals surface area (Å²) < 4.78 is 22.3. The Morgan fingerprint density at radius 2 is 2.18 bits per heavy atom. The monoisotopic (exact) mass is 468 g/mol.